The number of aromatic nitrogens is 1. The molecule has 76 valence electrons. The van der Waals surface area contributed by atoms with Gasteiger partial charge in [0.25, 0.3) is 0 Å². The molecule has 0 amide bonds. The Kier molecular flexibility index (Phi) is 3.35. The summed E-state index contributed by atoms with van der Waals surface area (Å²) in [5, 5.41) is 6.93. The van der Waals surface area contributed by atoms with Crippen molar-refractivity contribution < 1.29 is 0 Å². The lowest BCUT2D eigenvalue weighted by Crippen LogP contribution is -2.30. The van der Waals surface area contributed by atoms with Crippen LogP contribution in [0, 0.1) is 0 Å². The highest BCUT2D eigenvalue weighted by molar-refractivity contribution is 5.40. The lowest BCUT2D eigenvalue weighted by Gasteiger charge is -2.17. The van der Waals surface area contributed by atoms with Crippen LogP contribution in [-0.4, -0.2) is 24.1 Å². The molecular formula is C11H17N3. The van der Waals surface area contributed by atoms with Gasteiger partial charge in [0.1, 0.15) is 0 Å². The van der Waals surface area contributed by atoms with Gasteiger partial charge in [0.15, 0.2) is 0 Å². The number of nitrogens with one attached hydrogen (secondary N) is 2. The average molecular weight is 191 g/mol. The first-order valence-electron chi connectivity index (χ1n) is 5.32. The normalized spacial score (nSPS) is 22.7. The molecule has 1 saturated heterocycles. The first-order valence-corrected chi connectivity index (χ1v) is 5.32. The average Bonchev–Trinajstić information content (AvgIpc) is 2.48. The van der Waals surface area contributed by atoms with Crippen LogP contribution in [0.4, 0.5) is 5.69 Å². The van der Waals surface area contributed by atoms with Crippen molar-refractivity contribution in [3.8, 4) is 0 Å². The maximum absolute atomic E-state index is 4.09. The van der Waals surface area contributed by atoms with Crippen molar-refractivity contribution in [2.45, 2.75) is 25.3 Å². The highest BCUT2D eigenvalue weighted by Gasteiger charge is 2.10. The number of rotatable bonds is 2. The molecule has 0 radical (unpaired) electrons. The Morgan fingerprint density at radius 1 is 1.43 bits per heavy atom. The minimum absolute atomic E-state index is 0.557. The van der Waals surface area contributed by atoms with Crippen molar-refractivity contribution >= 4 is 5.69 Å². The van der Waals surface area contributed by atoms with E-state index in [4.69, 9.17) is 0 Å². The van der Waals surface area contributed by atoms with Crippen LogP contribution in [0.15, 0.2) is 24.5 Å². The molecule has 1 aromatic heterocycles. The Bertz CT molecular complexity index is 252. The van der Waals surface area contributed by atoms with Gasteiger partial charge in [-0.2, -0.15) is 0 Å². The van der Waals surface area contributed by atoms with Gasteiger partial charge in [-0.25, -0.2) is 0 Å². The van der Waals surface area contributed by atoms with Crippen LogP contribution in [0.25, 0.3) is 0 Å². The predicted molar refractivity (Wildman–Crippen MR) is 58.4 cm³/mol. The van der Waals surface area contributed by atoms with Crippen LogP contribution in [0.5, 0.6) is 0 Å². The third-order valence-electron chi connectivity index (χ3n) is 2.58. The Morgan fingerprint density at radius 3 is 3.29 bits per heavy atom. The third kappa shape index (κ3) is 2.70. The van der Waals surface area contributed by atoms with Gasteiger partial charge in [-0.05, 0) is 31.5 Å². The zero-order valence-corrected chi connectivity index (χ0v) is 8.37. The molecule has 2 heterocycles. The van der Waals surface area contributed by atoms with E-state index in [1.165, 1.54) is 19.3 Å². The SMILES string of the molecule is c1cncc(NC2CCCCNC2)c1. The predicted octanol–water partition coefficient (Wildman–Crippen LogP) is 1.64. The second kappa shape index (κ2) is 4.96. The molecule has 0 bridgehead atoms. The Hall–Kier alpha value is -1.09. The summed E-state index contributed by atoms with van der Waals surface area (Å²) in [4.78, 5) is 4.09. The quantitative estimate of drug-likeness (QED) is 0.746. The van der Waals surface area contributed by atoms with Gasteiger partial charge in [-0.1, -0.05) is 6.42 Å². The molecule has 1 fully saturated rings. The highest BCUT2D eigenvalue weighted by atomic mass is 15.0. The van der Waals surface area contributed by atoms with Gasteiger partial charge in [-0.15, -0.1) is 0 Å². The number of nitrogens with zero attached hydrogens (tertiary/aromatic N) is 1. The number of hydrogen-bond acceptors (Lipinski definition) is 3. The molecule has 3 nitrogen and oxygen atoms in total. The van der Waals surface area contributed by atoms with E-state index in [9.17, 15) is 0 Å². The molecule has 2 rings (SSSR count). The summed E-state index contributed by atoms with van der Waals surface area (Å²) in [7, 11) is 0. The van der Waals surface area contributed by atoms with E-state index < -0.39 is 0 Å². The van der Waals surface area contributed by atoms with Gasteiger partial charge in [0.2, 0.25) is 0 Å². The third-order valence-corrected chi connectivity index (χ3v) is 2.58. The fraction of sp³-hybridized carbons (Fsp3) is 0.545. The van der Waals surface area contributed by atoms with E-state index in [0.29, 0.717) is 6.04 Å². The van der Waals surface area contributed by atoms with Crippen LogP contribution in [0.3, 0.4) is 0 Å². The van der Waals surface area contributed by atoms with E-state index in [1.807, 2.05) is 12.3 Å². The van der Waals surface area contributed by atoms with Crippen molar-refractivity contribution in [1.29, 1.82) is 0 Å². The summed E-state index contributed by atoms with van der Waals surface area (Å²) in [6, 6.07) is 4.59. The fourth-order valence-corrected chi connectivity index (χ4v) is 1.83. The molecule has 0 spiro atoms. The van der Waals surface area contributed by atoms with Gasteiger partial charge < -0.3 is 10.6 Å². The first kappa shape index (κ1) is 9.46. The van der Waals surface area contributed by atoms with Crippen molar-refractivity contribution in [2.75, 3.05) is 18.4 Å². The van der Waals surface area contributed by atoms with Crippen molar-refractivity contribution in [1.82, 2.24) is 10.3 Å². The Labute approximate surface area is 84.9 Å². The first-order chi connectivity index (χ1) is 6.95. The van der Waals surface area contributed by atoms with Gasteiger partial charge in [0, 0.05) is 25.0 Å². The smallest absolute Gasteiger partial charge is 0.0529 e. The van der Waals surface area contributed by atoms with E-state index in [2.05, 4.69) is 21.7 Å². The summed E-state index contributed by atoms with van der Waals surface area (Å²) in [6.07, 6.45) is 7.54. The second-order valence-electron chi connectivity index (χ2n) is 3.78. The highest BCUT2D eigenvalue weighted by Crippen LogP contribution is 2.11. The van der Waals surface area contributed by atoms with Crippen LogP contribution in [0.2, 0.25) is 0 Å². The lowest BCUT2D eigenvalue weighted by atomic mass is 10.1. The second-order valence-corrected chi connectivity index (χ2v) is 3.78. The van der Waals surface area contributed by atoms with E-state index >= 15 is 0 Å². The van der Waals surface area contributed by atoms with Crippen LogP contribution in [-0.2, 0) is 0 Å². The maximum atomic E-state index is 4.09. The molecule has 14 heavy (non-hydrogen) atoms. The molecule has 1 aliphatic heterocycles. The zero-order chi connectivity index (χ0) is 9.64. The minimum Gasteiger partial charge on any atom is -0.380 e. The summed E-state index contributed by atoms with van der Waals surface area (Å²) in [5.41, 5.74) is 1.13. The molecule has 1 aromatic rings. The molecule has 2 N–H and O–H groups in total. The summed E-state index contributed by atoms with van der Waals surface area (Å²) in [6.45, 7) is 2.22. The van der Waals surface area contributed by atoms with Crippen LogP contribution in [0.1, 0.15) is 19.3 Å². The molecule has 0 aromatic carbocycles. The van der Waals surface area contributed by atoms with Crippen molar-refractivity contribution in [3.05, 3.63) is 24.5 Å². The number of hydrogen-bond donors (Lipinski definition) is 2. The molecule has 1 atom stereocenters. The number of pyridine rings is 1. The van der Waals surface area contributed by atoms with E-state index in [1.54, 1.807) is 6.20 Å². The summed E-state index contributed by atoms with van der Waals surface area (Å²) in [5.74, 6) is 0. The topological polar surface area (TPSA) is 37.0 Å². The standard InChI is InChI=1S/C11H17N3/c1-2-6-12-8-10(4-1)14-11-5-3-7-13-9-11/h3,5,7,9-10,12,14H,1-2,4,6,8H2. The van der Waals surface area contributed by atoms with Gasteiger partial charge >= 0.3 is 0 Å². The van der Waals surface area contributed by atoms with Gasteiger partial charge in [-0.3, -0.25) is 4.98 Å². The molecule has 0 aliphatic carbocycles. The molecule has 0 saturated carbocycles. The fourth-order valence-electron chi connectivity index (χ4n) is 1.83. The summed E-state index contributed by atoms with van der Waals surface area (Å²) >= 11 is 0. The van der Waals surface area contributed by atoms with Crippen molar-refractivity contribution in [3.63, 3.8) is 0 Å². The molecule has 1 aliphatic rings. The largest absolute Gasteiger partial charge is 0.380 e. The Morgan fingerprint density at radius 2 is 2.43 bits per heavy atom. The molecule has 3 heteroatoms. The monoisotopic (exact) mass is 191 g/mol. The number of anilines is 1. The van der Waals surface area contributed by atoms with Crippen molar-refractivity contribution in [2.24, 2.45) is 0 Å². The minimum atomic E-state index is 0.557. The van der Waals surface area contributed by atoms with E-state index in [0.717, 1.165) is 18.8 Å². The molecule has 1 unspecified atom stereocenters. The Balaban J connectivity index is 1.90. The molecular weight excluding hydrogens is 174 g/mol. The van der Waals surface area contributed by atoms with E-state index in [-0.39, 0.29) is 0 Å². The summed E-state index contributed by atoms with van der Waals surface area (Å²) < 4.78 is 0. The van der Waals surface area contributed by atoms with Crippen LogP contribution < -0.4 is 10.6 Å². The van der Waals surface area contributed by atoms with Gasteiger partial charge in [0.05, 0.1) is 5.69 Å². The zero-order valence-electron chi connectivity index (χ0n) is 8.37. The maximum Gasteiger partial charge on any atom is 0.0529 e. The van der Waals surface area contributed by atoms with Crippen LogP contribution >= 0.6 is 0 Å². The lowest BCUT2D eigenvalue weighted by molar-refractivity contribution is 0.636.